The summed E-state index contributed by atoms with van der Waals surface area (Å²) in [6, 6.07) is 13.1. The zero-order valence-corrected chi connectivity index (χ0v) is 15.5. The van der Waals surface area contributed by atoms with Gasteiger partial charge in [0, 0.05) is 11.8 Å². The summed E-state index contributed by atoms with van der Waals surface area (Å²) < 4.78 is 6.65. The van der Waals surface area contributed by atoms with Gasteiger partial charge in [0.2, 0.25) is 11.3 Å². The minimum Gasteiger partial charge on any atom is -0.467 e. The van der Waals surface area contributed by atoms with Crippen LogP contribution in [0.3, 0.4) is 0 Å². The first-order valence-electron chi connectivity index (χ1n) is 8.73. The first-order chi connectivity index (χ1) is 13.5. The van der Waals surface area contributed by atoms with Crippen LogP contribution in [-0.4, -0.2) is 27.6 Å². The van der Waals surface area contributed by atoms with Crippen LogP contribution in [0.1, 0.15) is 28.9 Å². The minimum absolute atomic E-state index is 0.204. The molecule has 28 heavy (non-hydrogen) atoms. The molecule has 2 heterocycles. The number of carbonyl (C=O) groups excluding carboxylic acids is 2. The maximum Gasteiger partial charge on any atom is 0.276 e. The van der Waals surface area contributed by atoms with Gasteiger partial charge in [0.15, 0.2) is 5.69 Å². The van der Waals surface area contributed by atoms with E-state index in [0.29, 0.717) is 11.5 Å². The van der Waals surface area contributed by atoms with Crippen LogP contribution in [0.4, 0.5) is 0 Å². The monoisotopic (exact) mass is 380 g/mol. The zero-order chi connectivity index (χ0) is 20.1. The molecule has 0 saturated heterocycles. The molecule has 2 N–H and O–H groups in total. The molecule has 2 aromatic heterocycles. The highest BCUT2D eigenvalue weighted by atomic mass is 16.3. The second-order valence-corrected chi connectivity index (χ2v) is 6.24. The van der Waals surface area contributed by atoms with Gasteiger partial charge in [-0.2, -0.15) is 5.10 Å². The second kappa shape index (κ2) is 8.34. The standard InChI is InChI=1S/C20H20N4O4/c1-13-11-17(25)18(23-24(13)15-7-4-3-5-8-15)20(27)22-14(2)19(26)21-12-16-9-6-10-28-16/h3-11,14H,12H2,1-2H3,(H,21,26)(H,22,27). The number of rotatable bonds is 6. The molecule has 0 aliphatic heterocycles. The van der Waals surface area contributed by atoms with Gasteiger partial charge in [-0.1, -0.05) is 18.2 Å². The molecule has 0 saturated carbocycles. The molecule has 2 amide bonds. The van der Waals surface area contributed by atoms with Crippen molar-refractivity contribution in [1.82, 2.24) is 20.4 Å². The van der Waals surface area contributed by atoms with E-state index in [2.05, 4.69) is 15.7 Å². The molecule has 8 heteroatoms. The number of nitrogens with zero attached hydrogens (tertiary/aromatic N) is 2. The summed E-state index contributed by atoms with van der Waals surface area (Å²) in [5, 5.41) is 9.35. The van der Waals surface area contributed by atoms with E-state index in [0.717, 1.165) is 5.69 Å². The van der Waals surface area contributed by atoms with Crippen LogP contribution in [0.15, 0.2) is 64.0 Å². The molecular weight excluding hydrogens is 360 g/mol. The van der Waals surface area contributed by atoms with E-state index in [-0.39, 0.29) is 12.2 Å². The van der Waals surface area contributed by atoms with Gasteiger partial charge in [-0.25, -0.2) is 4.68 Å². The maximum atomic E-state index is 12.5. The Labute approximate surface area is 161 Å². The molecule has 0 aliphatic rings. The topological polar surface area (TPSA) is 106 Å². The summed E-state index contributed by atoms with van der Waals surface area (Å²) in [6.45, 7) is 3.46. The average Bonchev–Trinajstić information content (AvgIpc) is 3.20. The van der Waals surface area contributed by atoms with E-state index in [1.54, 1.807) is 19.1 Å². The van der Waals surface area contributed by atoms with Crippen molar-refractivity contribution < 1.29 is 14.0 Å². The van der Waals surface area contributed by atoms with Gasteiger partial charge in [0.1, 0.15) is 11.8 Å². The van der Waals surface area contributed by atoms with E-state index >= 15 is 0 Å². The third-order valence-electron chi connectivity index (χ3n) is 4.08. The van der Waals surface area contributed by atoms with Gasteiger partial charge in [0.05, 0.1) is 18.5 Å². The SMILES string of the molecule is Cc1cc(=O)c(C(=O)NC(C)C(=O)NCc2ccco2)nn1-c1ccccc1. The minimum atomic E-state index is -0.852. The Hall–Kier alpha value is -3.68. The van der Waals surface area contributed by atoms with Crippen LogP contribution in [0.2, 0.25) is 0 Å². The first kappa shape index (κ1) is 19.1. The predicted octanol–water partition coefficient (Wildman–Crippen LogP) is 1.57. The lowest BCUT2D eigenvalue weighted by atomic mass is 10.2. The molecule has 8 nitrogen and oxygen atoms in total. The van der Waals surface area contributed by atoms with E-state index < -0.39 is 23.3 Å². The number of hydrogen-bond donors (Lipinski definition) is 2. The highest BCUT2D eigenvalue weighted by molar-refractivity contribution is 5.95. The quantitative estimate of drug-likeness (QED) is 0.675. The number of aryl methyl sites for hydroxylation is 1. The average molecular weight is 380 g/mol. The van der Waals surface area contributed by atoms with Crippen molar-refractivity contribution >= 4 is 11.8 Å². The summed E-state index contributed by atoms with van der Waals surface area (Å²) in [6.07, 6.45) is 1.51. The Balaban J connectivity index is 1.73. The molecule has 0 bridgehead atoms. The zero-order valence-electron chi connectivity index (χ0n) is 15.5. The number of furan rings is 1. The summed E-state index contributed by atoms with van der Waals surface area (Å²) in [5.74, 6) is -0.520. The van der Waals surface area contributed by atoms with E-state index in [4.69, 9.17) is 4.42 Å². The molecular formula is C20H20N4O4. The third kappa shape index (κ3) is 4.35. The predicted molar refractivity (Wildman–Crippen MR) is 102 cm³/mol. The van der Waals surface area contributed by atoms with Crippen LogP contribution in [0, 0.1) is 6.92 Å². The van der Waals surface area contributed by atoms with Crippen LogP contribution in [0.25, 0.3) is 5.69 Å². The largest absolute Gasteiger partial charge is 0.467 e. The highest BCUT2D eigenvalue weighted by Gasteiger charge is 2.20. The van der Waals surface area contributed by atoms with Crippen molar-refractivity contribution in [3.63, 3.8) is 0 Å². The lowest BCUT2D eigenvalue weighted by molar-refractivity contribution is -0.122. The van der Waals surface area contributed by atoms with Crippen LogP contribution < -0.4 is 16.1 Å². The molecule has 1 atom stereocenters. The highest BCUT2D eigenvalue weighted by Crippen LogP contribution is 2.08. The van der Waals surface area contributed by atoms with E-state index in [1.807, 2.05) is 30.3 Å². The number of aromatic nitrogens is 2. The van der Waals surface area contributed by atoms with Gasteiger partial charge in [-0.05, 0) is 38.1 Å². The molecule has 3 rings (SSSR count). The maximum absolute atomic E-state index is 12.5. The fraction of sp³-hybridized carbons (Fsp3) is 0.200. The van der Waals surface area contributed by atoms with Crippen LogP contribution >= 0.6 is 0 Å². The smallest absolute Gasteiger partial charge is 0.276 e. The molecule has 0 spiro atoms. The first-order valence-corrected chi connectivity index (χ1v) is 8.73. The molecule has 1 unspecified atom stereocenters. The van der Waals surface area contributed by atoms with Gasteiger partial charge in [-0.15, -0.1) is 0 Å². The summed E-state index contributed by atoms with van der Waals surface area (Å²) in [7, 11) is 0. The molecule has 3 aromatic rings. The molecule has 0 aliphatic carbocycles. The van der Waals surface area contributed by atoms with Crippen molar-refractivity contribution in [1.29, 1.82) is 0 Å². The van der Waals surface area contributed by atoms with Crippen LogP contribution in [0.5, 0.6) is 0 Å². The van der Waals surface area contributed by atoms with Crippen LogP contribution in [-0.2, 0) is 11.3 Å². The van der Waals surface area contributed by atoms with Gasteiger partial charge >= 0.3 is 0 Å². The third-order valence-corrected chi connectivity index (χ3v) is 4.08. The summed E-state index contributed by atoms with van der Waals surface area (Å²) in [5.41, 5.74) is 0.529. The van der Waals surface area contributed by atoms with Crippen molar-refractivity contribution in [3.05, 3.63) is 82.2 Å². The Morgan fingerprint density at radius 1 is 1.18 bits per heavy atom. The van der Waals surface area contributed by atoms with Gasteiger partial charge < -0.3 is 15.1 Å². The Kier molecular flexibility index (Phi) is 5.69. The fourth-order valence-corrected chi connectivity index (χ4v) is 2.61. The van der Waals surface area contributed by atoms with Gasteiger partial charge in [0.25, 0.3) is 5.91 Å². The second-order valence-electron chi connectivity index (χ2n) is 6.24. The lowest BCUT2D eigenvalue weighted by Crippen LogP contribution is -2.46. The van der Waals surface area contributed by atoms with Crippen molar-refractivity contribution in [2.75, 3.05) is 0 Å². The number of amides is 2. The Bertz CT molecular complexity index is 1030. The molecule has 0 radical (unpaired) electrons. The Morgan fingerprint density at radius 2 is 1.93 bits per heavy atom. The fourth-order valence-electron chi connectivity index (χ4n) is 2.61. The molecule has 1 aromatic carbocycles. The lowest BCUT2D eigenvalue weighted by Gasteiger charge is -2.14. The summed E-state index contributed by atoms with van der Waals surface area (Å²) >= 11 is 0. The van der Waals surface area contributed by atoms with Crippen molar-refractivity contribution in [2.45, 2.75) is 26.4 Å². The number of benzene rings is 1. The molecule has 144 valence electrons. The normalized spacial score (nSPS) is 11.6. The van der Waals surface area contributed by atoms with E-state index in [1.165, 1.54) is 23.9 Å². The number of para-hydroxylation sites is 1. The number of nitrogens with one attached hydrogen (secondary N) is 2. The van der Waals surface area contributed by atoms with Crippen molar-refractivity contribution in [3.8, 4) is 5.69 Å². The van der Waals surface area contributed by atoms with E-state index in [9.17, 15) is 14.4 Å². The van der Waals surface area contributed by atoms with Crippen molar-refractivity contribution in [2.24, 2.45) is 0 Å². The number of carbonyl (C=O) groups is 2. The summed E-state index contributed by atoms with van der Waals surface area (Å²) in [4.78, 5) is 36.9. The van der Waals surface area contributed by atoms with Gasteiger partial charge in [-0.3, -0.25) is 14.4 Å². The number of hydrogen-bond acceptors (Lipinski definition) is 5. The molecule has 0 fully saturated rings. The Morgan fingerprint density at radius 3 is 2.61 bits per heavy atom.